The number of nitrogens with zero attached hydrogens (tertiary/aromatic N) is 4. The number of aromatic nitrogens is 1. The quantitative estimate of drug-likeness (QED) is 0.641. The smallest absolute Gasteiger partial charge is 0.287 e. The van der Waals surface area contributed by atoms with Crippen LogP contribution in [0.2, 0.25) is 0 Å². The molecule has 0 saturated carbocycles. The number of hydrogen-bond donors (Lipinski definition) is 1. The summed E-state index contributed by atoms with van der Waals surface area (Å²) in [6.45, 7) is 3.88. The first-order valence-corrected chi connectivity index (χ1v) is 7.53. The lowest BCUT2D eigenvalue weighted by molar-refractivity contribution is -0.385. The molecule has 1 aromatic rings. The van der Waals surface area contributed by atoms with E-state index in [0.717, 1.165) is 45.6 Å². The molecular weight excluding hydrogens is 286 g/mol. The lowest BCUT2D eigenvalue weighted by Gasteiger charge is -2.33. The van der Waals surface area contributed by atoms with E-state index >= 15 is 0 Å². The molecule has 0 spiro atoms. The second-order valence-electron chi connectivity index (χ2n) is 5.56. The van der Waals surface area contributed by atoms with E-state index in [9.17, 15) is 14.9 Å². The normalized spacial score (nSPS) is 21.9. The molecule has 1 amide bonds. The van der Waals surface area contributed by atoms with Crippen LogP contribution >= 0.6 is 0 Å². The summed E-state index contributed by atoms with van der Waals surface area (Å²) in [5, 5.41) is 13.9. The average molecular weight is 305 g/mol. The van der Waals surface area contributed by atoms with E-state index in [-0.39, 0.29) is 17.6 Å². The molecule has 1 atom stereocenters. The molecule has 8 nitrogen and oxygen atoms in total. The molecule has 22 heavy (non-hydrogen) atoms. The first-order chi connectivity index (χ1) is 10.7. The van der Waals surface area contributed by atoms with E-state index < -0.39 is 4.92 Å². The van der Waals surface area contributed by atoms with Crippen molar-refractivity contribution < 1.29 is 9.72 Å². The van der Waals surface area contributed by atoms with Gasteiger partial charge < -0.3 is 15.1 Å². The maximum absolute atomic E-state index is 12.7. The van der Waals surface area contributed by atoms with Crippen molar-refractivity contribution >= 4 is 17.4 Å². The van der Waals surface area contributed by atoms with Crippen molar-refractivity contribution in [2.45, 2.75) is 18.9 Å². The van der Waals surface area contributed by atoms with E-state index in [0.29, 0.717) is 5.82 Å². The van der Waals surface area contributed by atoms with E-state index in [1.165, 1.54) is 12.3 Å². The fraction of sp³-hybridized carbons (Fsp3) is 0.571. The van der Waals surface area contributed by atoms with Gasteiger partial charge in [0.1, 0.15) is 18.1 Å². The third kappa shape index (κ3) is 2.87. The largest absolute Gasteiger partial charge is 0.345 e. The van der Waals surface area contributed by atoms with Crippen molar-refractivity contribution in [3.63, 3.8) is 0 Å². The van der Waals surface area contributed by atoms with Gasteiger partial charge in [0.25, 0.3) is 5.69 Å². The van der Waals surface area contributed by atoms with Crippen molar-refractivity contribution in [2.24, 2.45) is 0 Å². The third-order valence-electron chi connectivity index (χ3n) is 4.20. The Labute approximate surface area is 128 Å². The molecular formula is C14H19N5O3. The number of hydrogen-bond acceptors (Lipinski definition) is 6. The van der Waals surface area contributed by atoms with Crippen LogP contribution in [0.15, 0.2) is 18.3 Å². The van der Waals surface area contributed by atoms with E-state index in [4.69, 9.17) is 0 Å². The second-order valence-corrected chi connectivity index (χ2v) is 5.56. The zero-order valence-corrected chi connectivity index (χ0v) is 12.3. The Hall–Kier alpha value is -2.22. The number of amides is 1. The SMILES string of the molecule is O=C(C1CCCN1c1ccc([N+](=O)[O-])cn1)N1CCNCC1. The molecule has 2 saturated heterocycles. The molecule has 1 aromatic heterocycles. The van der Waals surface area contributed by atoms with Gasteiger partial charge in [-0.1, -0.05) is 0 Å². The first-order valence-electron chi connectivity index (χ1n) is 7.53. The molecule has 0 aromatic carbocycles. The molecule has 0 bridgehead atoms. The van der Waals surface area contributed by atoms with Crippen LogP contribution in [0, 0.1) is 10.1 Å². The average Bonchev–Trinajstić information content (AvgIpc) is 3.04. The van der Waals surface area contributed by atoms with Gasteiger partial charge >= 0.3 is 0 Å². The molecule has 0 aliphatic carbocycles. The van der Waals surface area contributed by atoms with E-state index in [1.807, 2.05) is 9.80 Å². The lowest BCUT2D eigenvalue weighted by atomic mass is 10.1. The second kappa shape index (κ2) is 6.27. The van der Waals surface area contributed by atoms with Gasteiger partial charge in [-0.3, -0.25) is 14.9 Å². The zero-order chi connectivity index (χ0) is 15.5. The molecule has 118 valence electrons. The van der Waals surface area contributed by atoms with Gasteiger partial charge in [0.05, 0.1) is 4.92 Å². The molecule has 3 heterocycles. The third-order valence-corrected chi connectivity index (χ3v) is 4.20. The maximum atomic E-state index is 12.7. The van der Waals surface area contributed by atoms with Gasteiger partial charge in [0.2, 0.25) is 5.91 Å². The minimum absolute atomic E-state index is 0.0343. The Balaban J connectivity index is 1.74. The van der Waals surface area contributed by atoms with E-state index in [1.54, 1.807) is 6.07 Å². The van der Waals surface area contributed by atoms with Crippen LogP contribution in [-0.2, 0) is 4.79 Å². The van der Waals surface area contributed by atoms with Crippen LogP contribution in [0.5, 0.6) is 0 Å². The summed E-state index contributed by atoms with van der Waals surface area (Å²) < 4.78 is 0. The highest BCUT2D eigenvalue weighted by Gasteiger charge is 2.34. The van der Waals surface area contributed by atoms with Crippen LogP contribution in [-0.4, -0.2) is 59.5 Å². The minimum Gasteiger partial charge on any atom is -0.345 e. The Morgan fingerprint density at radius 2 is 2.09 bits per heavy atom. The number of anilines is 1. The van der Waals surface area contributed by atoms with Crippen LogP contribution in [0.1, 0.15) is 12.8 Å². The first kappa shape index (κ1) is 14.7. The summed E-state index contributed by atoms with van der Waals surface area (Å²) in [7, 11) is 0. The highest BCUT2D eigenvalue weighted by molar-refractivity contribution is 5.85. The monoisotopic (exact) mass is 305 g/mol. The number of piperazine rings is 1. The summed E-state index contributed by atoms with van der Waals surface area (Å²) in [6, 6.07) is 2.86. The highest BCUT2D eigenvalue weighted by atomic mass is 16.6. The summed E-state index contributed by atoms with van der Waals surface area (Å²) in [4.78, 5) is 30.9. The van der Waals surface area contributed by atoms with E-state index in [2.05, 4.69) is 10.3 Å². The minimum atomic E-state index is -0.468. The topological polar surface area (TPSA) is 91.6 Å². The molecule has 2 aliphatic heterocycles. The summed E-state index contributed by atoms with van der Waals surface area (Å²) in [6.07, 6.45) is 2.99. The predicted molar refractivity (Wildman–Crippen MR) is 80.7 cm³/mol. The molecule has 0 radical (unpaired) electrons. The van der Waals surface area contributed by atoms with Crippen LogP contribution < -0.4 is 10.2 Å². The van der Waals surface area contributed by atoms with Gasteiger partial charge in [-0.2, -0.15) is 0 Å². The fourth-order valence-corrected chi connectivity index (χ4v) is 3.05. The summed E-state index contributed by atoms with van der Waals surface area (Å²) >= 11 is 0. The standard InChI is InChI=1S/C14H19N5O3/c20-14(17-8-5-15-6-9-17)12-2-1-7-18(12)13-4-3-11(10-16-13)19(21)22/h3-4,10,12,15H,1-2,5-9H2. The molecule has 1 N–H and O–H groups in total. The van der Waals surface area contributed by atoms with Crippen LogP contribution in [0.4, 0.5) is 11.5 Å². The summed E-state index contributed by atoms with van der Waals surface area (Å²) in [5.41, 5.74) is -0.0343. The Bertz CT molecular complexity index is 556. The zero-order valence-electron chi connectivity index (χ0n) is 12.3. The van der Waals surface area contributed by atoms with Gasteiger partial charge in [0.15, 0.2) is 0 Å². The molecule has 2 fully saturated rings. The van der Waals surface area contributed by atoms with Gasteiger partial charge in [-0.25, -0.2) is 4.98 Å². The maximum Gasteiger partial charge on any atom is 0.287 e. The van der Waals surface area contributed by atoms with Crippen molar-refractivity contribution in [2.75, 3.05) is 37.6 Å². The Morgan fingerprint density at radius 1 is 1.32 bits per heavy atom. The number of nitro groups is 1. The number of pyridine rings is 1. The molecule has 1 unspecified atom stereocenters. The number of rotatable bonds is 3. The lowest BCUT2D eigenvalue weighted by Crippen LogP contribution is -2.52. The van der Waals surface area contributed by atoms with Crippen molar-refractivity contribution in [3.05, 3.63) is 28.4 Å². The van der Waals surface area contributed by atoms with Gasteiger partial charge in [-0.15, -0.1) is 0 Å². The predicted octanol–water partition coefficient (Wildman–Crippen LogP) is 0.390. The Kier molecular flexibility index (Phi) is 4.19. The molecule has 8 heteroatoms. The Morgan fingerprint density at radius 3 is 2.73 bits per heavy atom. The molecule has 3 rings (SSSR count). The van der Waals surface area contributed by atoms with Gasteiger partial charge in [-0.05, 0) is 18.9 Å². The van der Waals surface area contributed by atoms with Crippen LogP contribution in [0.3, 0.4) is 0 Å². The van der Waals surface area contributed by atoms with Crippen molar-refractivity contribution in [3.8, 4) is 0 Å². The summed E-state index contributed by atoms with van der Waals surface area (Å²) in [5.74, 6) is 0.774. The number of carbonyl (C=O) groups excluding carboxylic acids is 1. The van der Waals surface area contributed by atoms with Crippen molar-refractivity contribution in [1.82, 2.24) is 15.2 Å². The fourth-order valence-electron chi connectivity index (χ4n) is 3.05. The van der Waals surface area contributed by atoms with Crippen molar-refractivity contribution in [1.29, 1.82) is 0 Å². The van der Waals surface area contributed by atoms with Gasteiger partial charge in [0, 0.05) is 38.8 Å². The number of nitrogens with one attached hydrogen (secondary N) is 1. The van der Waals surface area contributed by atoms with Crippen LogP contribution in [0.25, 0.3) is 0 Å². The highest BCUT2D eigenvalue weighted by Crippen LogP contribution is 2.26. The number of carbonyl (C=O) groups is 1. The molecule has 2 aliphatic rings.